The lowest BCUT2D eigenvalue weighted by Crippen LogP contribution is -2.47. The van der Waals surface area contributed by atoms with Crippen molar-refractivity contribution in [3.8, 4) is 0 Å². The van der Waals surface area contributed by atoms with E-state index >= 15 is 0 Å². The van der Waals surface area contributed by atoms with Gasteiger partial charge in [-0.15, -0.1) is 12.4 Å². The number of halogens is 1. The Balaban J connectivity index is 0.00000312. The maximum Gasteiger partial charge on any atom is 0.241 e. The second-order valence-electron chi connectivity index (χ2n) is 6.69. The molecule has 3 atom stereocenters. The van der Waals surface area contributed by atoms with Gasteiger partial charge in [0, 0.05) is 6.54 Å². The molecule has 7 nitrogen and oxygen atoms in total. The van der Waals surface area contributed by atoms with Gasteiger partial charge < -0.3 is 4.90 Å². The molecule has 2 saturated heterocycles. The van der Waals surface area contributed by atoms with Crippen LogP contribution in [0.3, 0.4) is 0 Å². The van der Waals surface area contributed by atoms with Gasteiger partial charge in [0.1, 0.15) is 0 Å². The minimum absolute atomic E-state index is 0. The second kappa shape index (κ2) is 8.68. The van der Waals surface area contributed by atoms with Gasteiger partial charge in [0.15, 0.2) is 0 Å². The van der Waals surface area contributed by atoms with Crippen LogP contribution in [-0.2, 0) is 19.6 Å². The molecule has 0 bridgehead atoms. The number of carbonyl (C=O) groups excluding carboxylic acids is 2. The van der Waals surface area contributed by atoms with Gasteiger partial charge in [-0.05, 0) is 25.9 Å². The molecule has 0 aromatic carbocycles. The van der Waals surface area contributed by atoms with Crippen LogP contribution < -0.4 is 0 Å². The molecule has 0 N–H and O–H groups in total. The first-order chi connectivity index (χ1) is 11.3. The number of hydrogen-bond donors (Lipinski definition) is 0. The summed E-state index contributed by atoms with van der Waals surface area (Å²) in [5, 5.41) is 0. The molecule has 2 amide bonds. The van der Waals surface area contributed by atoms with Gasteiger partial charge in [-0.25, -0.2) is 12.7 Å². The van der Waals surface area contributed by atoms with Crippen LogP contribution in [0.4, 0.5) is 0 Å². The topological polar surface area (TPSA) is 78.0 Å². The maximum absolute atomic E-state index is 12.7. The fourth-order valence-electron chi connectivity index (χ4n) is 4.05. The van der Waals surface area contributed by atoms with Crippen molar-refractivity contribution in [1.82, 2.24) is 14.1 Å². The molecule has 0 spiro atoms. The highest BCUT2D eigenvalue weighted by molar-refractivity contribution is 7.88. The van der Waals surface area contributed by atoms with Crippen LogP contribution in [0.1, 0.15) is 40.0 Å². The lowest BCUT2D eigenvalue weighted by molar-refractivity contribution is -0.135. The van der Waals surface area contributed by atoms with Gasteiger partial charge in [0.2, 0.25) is 21.8 Å². The number of rotatable bonds is 7. The molecular formula is C16H30ClN3O4S. The first-order valence-corrected chi connectivity index (χ1v) is 10.7. The highest BCUT2D eigenvalue weighted by atomic mass is 35.5. The van der Waals surface area contributed by atoms with E-state index < -0.39 is 22.0 Å². The molecule has 2 rings (SSSR count). The van der Waals surface area contributed by atoms with E-state index in [-0.39, 0.29) is 30.3 Å². The van der Waals surface area contributed by atoms with E-state index in [1.165, 1.54) is 0 Å². The normalized spacial score (nSPS) is 26.1. The zero-order valence-electron chi connectivity index (χ0n) is 15.5. The Morgan fingerprint density at radius 3 is 2.32 bits per heavy atom. The van der Waals surface area contributed by atoms with Crippen LogP contribution in [0, 0.1) is 5.92 Å². The van der Waals surface area contributed by atoms with E-state index in [1.807, 2.05) is 25.7 Å². The molecule has 0 aromatic heterocycles. The first-order valence-electron chi connectivity index (χ1n) is 8.81. The number of hydrogen-bond acceptors (Lipinski definition) is 5. The third-order valence-electron chi connectivity index (χ3n) is 5.20. The SMILES string of the molecule is CCC[C@H]1C(=O)N(S(C)(=O)=O)[C@H]2CCN(C(=O)CN(CC)CC)[C@H]12.Cl. The molecule has 146 valence electrons. The van der Waals surface area contributed by atoms with E-state index in [0.29, 0.717) is 25.9 Å². The molecule has 0 unspecified atom stereocenters. The van der Waals surface area contributed by atoms with E-state index in [9.17, 15) is 18.0 Å². The average molecular weight is 396 g/mol. The quantitative estimate of drug-likeness (QED) is 0.641. The van der Waals surface area contributed by atoms with Crippen molar-refractivity contribution in [3.05, 3.63) is 0 Å². The molecule has 0 aliphatic carbocycles. The third kappa shape index (κ3) is 4.28. The number of fused-ring (bicyclic) bond motifs is 1. The van der Waals surface area contributed by atoms with Crippen molar-refractivity contribution in [2.75, 3.05) is 32.4 Å². The van der Waals surface area contributed by atoms with E-state index in [4.69, 9.17) is 0 Å². The standard InChI is InChI=1S/C16H29N3O4S.ClH/c1-5-8-12-15-13(19(16(12)21)24(4,22)23)9-10-18(15)14(20)11-17(6-2)7-3;/h12-13,15H,5-11H2,1-4H3;1H/t12-,13+,15-;/m1./s1. The summed E-state index contributed by atoms with van der Waals surface area (Å²) in [5.74, 6) is -0.747. The van der Waals surface area contributed by atoms with Crippen LogP contribution in [-0.4, -0.2) is 78.9 Å². The van der Waals surface area contributed by atoms with Gasteiger partial charge >= 0.3 is 0 Å². The molecule has 2 fully saturated rings. The summed E-state index contributed by atoms with van der Waals surface area (Å²) < 4.78 is 25.2. The summed E-state index contributed by atoms with van der Waals surface area (Å²) in [4.78, 5) is 29.2. The monoisotopic (exact) mass is 395 g/mol. The molecule has 25 heavy (non-hydrogen) atoms. The molecule has 9 heteroatoms. The summed E-state index contributed by atoms with van der Waals surface area (Å²) in [6, 6.07) is -0.708. The van der Waals surface area contributed by atoms with Crippen LogP contribution >= 0.6 is 12.4 Å². The average Bonchev–Trinajstić information content (AvgIpc) is 3.03. The van der Waals surface area contributed by atoms with E-state index in [1.54, 1.807) is 4.90 Å². The molecule has 0 aromatic rings. The number of carbonyl (C=O) groups is 2. The zero-order valence-corrected chi connectivity index (χ0v) is 17.1. The van der Waals surface area contributed by atoms with Crippen molar-refractivity contribution in [2.24, 2.45) is 5.92 Å². The summed E-state index contributed by atoms with van der Waals surface area (Å²) in [5.41, 5.74) is 0. The molecule has 0 radical (unpaired) electrons. The smallest absolute Gasteiger partial charge is 0.241 e. The molecule has 0 saturated carbocycles. The number of amides is 2. The van der Waals surface area contributed by atoms with Crippen molar-refractivity contribution in [1.29, 1.82) is 0 Å². The van der Waals surface area contributed by atoms with Gasteiger partial charge in [-0.3, -0.25) is 14.5 Å². The number of sulfonamides is 1. The Hall–Kier alpha value is -0.860. The van der Waals surface area contributed by atoms with Gasteiger partial charge in [-0.2, -0.15) is 0 Å². The Morgan fingerprint density at radius 1 is 1.24 bits per heavy atom. The van der Waals surface area contributed by atoms with Crippen LogP contribution in [0.25, 0.3) is 0 Å². The highest BCUT2D eigenvalue weighted by Crippen LogP contribution is 2.40. The number of likely N-dealkylation sites (tertiary alicyclic amines) is 1. The van der Waals surface area contributed by atoms with Crippen LogP contribution in [0.15, 0.2) is 0 Å². The Labute approximate surface area is 157 Å². The third-order valence-corrected chi connectivity index (χ3v) is 6.36. The Kier molecular flexibility index (Phi) is 7.71. The van der Waals surface area contributed by atoms with Gasteiger partial charge in [0.05, 0.1) is 30.8 Å². The fraction of sp³-hybridized carbons (Fsp3) is 0.875. The lowest BCUT2D eigenvalue weighted by atomic mass is 9.94. The maximum atomic E-state index is 12.7. The fourth-order valence-corrected chi connectivity index (χ4v) is 5.23. The van der Waals surface area contributed by atoms with Crippen LogP contribution in [0.2, 0.25) is 0 Å². The summed E-state index contributed by atoms with van der Waals surface area (Å²) in [6.07, 6.45) is 3.01. The van der Waals surface area contributed by atoms with E-state index in [0.717, 1.165) is 30.1 Å². The first kappa shape index (κ1) is 22.2. The predicted molar refractivity (Wildman–Crippen MR) is 99.0 cm³/mol. The molecular weight excluding hydrogens is 366 g/mol. The zero-order chi connectivity index (χ0) is 18.1. The Morgan fingerprint density at radius 2 is 1.84 bits per heavy atom. The van der Waals surface area contributed by atoms with Gasteiger partial charge in [0.25, 0.3) is 0 Å². The number of nitrogens with zero attached hydrogens (tertiary/aromatic N) is 3. The molecule has 2 heterocycles. The molecule has 2 aliphatic rings. The highest BCUT2D eigenvalue weighted by Gasteiger charge is 2.57. The van der Waals surface area contributed by atoms with Crippen LogP contribution in [0.5, 0.6) is 0 Å². The predicted octanol–water partition coefficient (Wildman–Crippen LogP) is 0.938. The molecule has 2 aliphatic heterocycles. The van der Waals surface area contributed by atoms with E-state index in [2.05, 4.69) is 0 Å². The van der Waals surface area contributed by atoms with Gasteiger partial charge in [-0.1, -0.05) is 27.2 Å². The van der Waals surface area contributed by atoms with Crippen molar-refractivity contribution in [3.63, 3.8) is 0 Å². The summed E-state index contributed by atoms with van der Waals surface area (Å²) in [7, 11) is -3.60. The van der Waals surface area contributed by atoms with Crippen molar-refractivity contribution in [2.45, 2.75) is 52.1 Å². The lowest BCUT2D eigenvalue weighted by Gasteiger charge is -2.29. The number of likely N-dealkylation sites (N-methyl/N-ethyl adjacent to an activating group) is 1. The Bertz CT molecular complexity index is 594. The van der Waals surface area contributed by atoms with Crippen molar-refractivity contribution >= 4 is 34.2 Å². The largest absolute Gasteiger partial charge is 0.336 e. The minimum atomic E-state index is -3.60. The second-order valence-corrected chi connectivity index (χ2v) is 8.55. The summed E-state index contributed by atoms with van der Waals surface area (Å²) in [6.45, 7) is 8.41. The summed E-state index contributed by atoms with van der Waals surface area (Å²) >= 11 is 0. The minimum Gasteiger partial charge on any atom is -0.336 e. The van der Waals surface area contributed by atoms with Crippen molar-refractivity contribution < 1.29 is 18.0 Å².